The summed E-state index contributed by atoms with van der Waals surface area (Å²) < 4.78 is 0. The second-order valence-corrected chi connectivity index (χ2v) is 5.41. The molecule has 1 nitrogen and oxygen atoms in total. The summed E-state index contributed by atoms with van der Waals surface area (Å²) in [6, 6.07) is 20.7. The van der Waals surface area contributed by atoms with Crippen LogP contribution in [0.2, 0.25) is 0 Å². The van der Waals surface area contributed by atoms with Crippen LogP contribution in [0.5, 0.6) is 0 Å². The first-order chi connectivity index (χ1) is 10.3. The quantitative estimate of drug-likeness (QED) is 0.262. The maximum Gasteiger partial charge on any atom is 0.151 e. The van der Waals surface area contributed by atoms with E-state index in [-0.39, 0.29) is 0 Å². The number of carbonyl (C=O) groups excluding carboxylic acids is 1. The van der Waals surface area contributed by atoms with Gasteiger partial charge >= 0.3 is 0 Å². The van der Waals surface area contributed by atoms with Crippen molar-refractivity contribution >= 4 is 38.6 Å². The van der Waals surface area contributed by atoms with Crippen LogP contribution in [-0.4, -0.2) is 6.29 Å². The van der Waals surface area contributed by atoms with E-state index in [0.29, 0.717) is 0 Å². The highest BCUT2D eigenvalue weighted by Crippen LogP contribution is 2.35. The van der Waals surface area contributed by atoms with Crippen molar-refractivity contribution in [2.24, 2.45) is 0 Å². The van der Waals surface area contributed by atoms with Crippen LogP contribution in [0.3, 0.4) is 0 Å². The molecule has 0 aromatic heterocycles. The molecule has 0 aliphatic heterocycles. The van der Waals surface area contributed by atoms with E-state index in [4.69, 9.17) is 0 Å². The maximum atomic E-state index is 11.8. The first-order valence-electron chi connectivity index (χ1n) is 7.09. The molecule has 0 aliphatic carbocycles. The van der Waals surface area contributed by atoms with E-state index in [0.717, 1.165) is 38.8 Å². The molecule has 21 heavy (non-hydrogen) atoms. The van der Waals surface area contributed by atoms with Gasteiger partial charge in [-0.05, 0) is 39.4 Å². The highest BCUT2D eigenvalue weighted by molar-refractivity contribution is 6.22. The molecule has 0 N–H and O–H groups in total. The first-order valence-corrected chi connectivity index (χ1v) is 7.09. The smallest absolute Gasteiger partial charge is 0.151 e. The SMILES string of the molecule is Cc1c2ccccc2c(C=O)c2c1ccc1ccccc12. The number of fused-ring (bicyclic) bond motifs is 4. The van der Waals surface area contributed by atoms with Crippen molar-refractivity contribution in [3.05, 3.63) is 71.8 Å². The van der Waals surface area contributed by atoms with Crippen molar-refractivity contribution in [1.82, 2.24) is 0 Å². The third-order valence-corrected chi connectivity index (χ3v) is 4.34. The van der Waals surface area contributed by atoms with Gasteiger partial charge in [-0.15, -0.1) is 0 Å². The number of benzene rings is 4. The predicted molar refractivity (Wildman–Crippen MR) is 89.1 cm³/mol. The summed E-state index contributed by atoms with van der Waals surface area (Å²) in [6.45, 7) is 2.13. The van der Waals surface area contributed by atoms with Crippen LogP contribution in [0.4, 0.5) is 0 Å². The fourth-order valence-electron chi connectivity index (χ4n) is 3.32. The van der Waals surface area contributed by atoms with Crippen molar-refractivity contribution in [3.8, 4) is 0 Å². The molecule has 0 radical (unpaired) electrons. The first kappa shape index (κ1) is 12.1. The molecule has 0 bridgehead atoms. The summed E-state index contributed by atoms with van der Waals surface area (Å²) in [4.78, 5) is 11.8. The van der Waals surface area contributed by atoms with Gasteiger partial charge in [-0.1, -0.05) is 60.7 Å². The normalized spacial score (nSPS) is 11.3. The average molecular weight is 270 g/mol. The standard InChI is InChI=1S/C20H14O/c1-13-15-7-4-5-9-18(15)19(12-21)20-16(13)11-10-14-6-2-3-8-17(14)20/h2-12H,1H3. The lowest BCUT2D eigenvalue weighted by Crippen LogP contribution is -1.92. The van der Waals surface area contributed by atoms with Crippen LogP contribution < -0.4 is 0 Å². The molecule has 4 rings (SSSR count). The summed E-state index contributed by atoms with van der Waals surface area (Å²) in [5, 5.41) is 6.73. The molecule has 0 saturated carbocycles. The minimum absolute atomic E-state index is 0.794. The zero-order valence-corrected chi connectivity index (χ0v) is 11.8. The van der Waals surface area contributed by atoms with E-state index in [9.17, 15) is 4.79 Å². The molecule has 0 fully saturated rings. The molecular weight excluding hydrogens is 256 g/mol. The zero-order chi connectivity index (χ0) is 14.4. The van der Waals surface area contributed by atoms with Crippen LogP contribution in [-0.2, 0) is 0 Å². The highest BCUT2D eigenvalue weighted by Gasteiger charge is 2.12. The molecule has 1 heteroatoms. The summed E-state index contributed by atoms with van der Waals surface area (Å²) in [6.07, 6.45) is 0.997. The molecule has 4 aromatic carbocycles. The van der Waals surface area contributed by atoms with E-state index in [1.807, 2.05) is 30.3 Å². The molecule has 0 saturated heterocycles. The fraction of sp³-hybridized carbons (Fsp3) is 0.0500. The summed E-state index contributed by atoms with van der Waals surface area (Å²) >= 11 is 0. The zero-order valence-electron chi connectivity index (χ0n) is 11.8. The van der Waals surface area contributed by atoms with Crippen molar-refractivity contribution in [2.75, 3.05) is 0 Å². The third-order valence-electron chi connectivity index (χ3n) is 4.34. The van der Waals surface area contributed by atoms with Gasteiger partial charge in [0.1, 0.15) is 0 Å². The third kappa shape index (κ3) is 1.61. The molecule has 4 aromatic rings. The summed E-state index contributed by atoms with van der Waals surface area (Å²) in [5.41, 5.74) is 2.03. The van der Waals surface area contributed by atoms with Gasteiger partial charge in [0.15, 0.2) is 6.29 Å². The van der Waals surface area contributed by atoms with E-state index in [1.54, 1.807) is 0 Å². The minimum atomic E-state index is 0.794. The van der Waals surface area contributed by atoms with Gasteiger partial charge in [0.25, 0.3) is 0 Å². The van der Waals surface area contributed by atoms with Gasteiger partial charge in [0.2, 0.25) is 0 Å². The second kappa shape index (κ2) is 4.42. The molecular formula is C20H14O. The number of aryl methyl sites for hydroxylation is 1. The van der Waals surface area contributed by atoms with Crippen molar-refractivity contribution in [2.45, 2.75) is 6.92 Å². The lowest BCUT2D eigenvalue weighted by Gasteiger charge is -2.13. The van der Waals surface area contributed by atoms with Gasteiger partial charge in [-0.2, -0.15) is 0 Å². The Labute approximate surface area is 122 Å². The number of carbonyl (C=O) groups is 1. The average Bonchev–Trinajstić information content (AvgIpc) is 2.55. The largest absolute Gasteiger partial charge is 0.298 e. The number of rotatable bonds is 1. The van der Waals surface area contributed by atoms with Crippen LogP contribution in [0.1, 0.15) is 15.9 Å². The van der Waals surface area contributed by atoms with E-state index >= 15 is 0 Å². The van der Waals surface area contributed by atoms with Crippen LogP contribution >= 0.6 is 0 Å². The van der Waals surface area contributed by atoms with Crippen LogP contribution in [0.25, 0.3) is 32.3 Å². The number of hydrogen-bond acceptors (Lipinski definition) is 1. The summed E-state index contributed by atoms with van der Waals surface area (Å²) in [7, 11) is 0. The Morgan fingerprint density at radius 2 is 1.38 bits per heavy atom. The Kier molecular flexibility index (Phi) is 2.55. The van der Waals surface area contributed by atoms with Gasteiger partial charge in [0.05, 0.1) is 0 Å². The highest BCUT2D eigenvalue weighted by atomic mass is 16.1. The molecule has 0 unspecified atom stereocenters. The lowest BCUT2D eigenvalue weighted by molar-refractivity contribution is 0.112. The molecule has 0 heterocycles. The Morgan fingerprint density at radius 1 is 0.714 bits per heavy atom. The Balaban J connectivity index is 2.41. The number of aldehydes is 1. The van der Waals surface area contributed by atoms with Gasteiger partial charge in [-0.25, -0.2) is 0 Å². The van der Waals surface area contributed by atoms with Crippen molar-refractivity contribution < 1.29 is 4.79 Å². The lowest BCUT2D eigenvalue weighted by atomic mass is 9.90. The molecule has 0 spiro atoms. The van der Waals surface area contributed by atoms with E-state index in [2.05, 4.69) is 37.3 Å². The molecule has 0 amide bonds. The Morgan fingerprint density at radius 3 is 2.14 bits per heavy atom. The number of hydrogen-bond donors (Lipinski definition) is 0. The van der Waals surface area contributed by atoms with Gasteiger partial charge in [0, 0.05) is 10.9 Å². The second-order valence-electron chi connectivity index (χ2n) is 5.41. The Hall–Kier alpha value is -2.67. The fourth-order valence-corrected chi connectivity index (χ4v) is 3.32. The molecule has 100 valence electrons. The van der Waals surface area contributed by atoms with Crippen LogP contribution in [0, 0.1) is 6.92 Å². The topological polar surface area (TPSA) is 17.1 Å². The van der Waals surface area contributed by atoms with Crippen molar-refractivity contribution in [1.29, 1.82) is 0 Å². The molecule has 0 atom stereocenters. The van der Waals surface area contributed by atoms with E-state index < -0.39 is 0 Å². The van der Waals surface area contributed by atoms with Crippen LogP contribution in [0.15, 0.2) is 60.7 Å². The van der Waals surface area contributed by atoms with Gasteiger partial charge < -0.3 is 0 Å². The minimum Gasteiger partial charge on any atom is -0.298 e. The van der Waals surface area contributed by atoms with Crippen molar-refractivity contribution in [3.63, 3.8) is 0 Å². The maximum absolute atomic E-state index is 11.8. The van der Waals surface area contributed by atoms with Gasteiger partial charge in [-0.3, -0.25) is 4.79 Å². The predicted octanol–water partition coefficient (Wildman–Crippen LogP) is 5.27. The molecule has 0 aliphatic rings. The Bertz CT molecular complexity index is 1010. The monoisotopic (exact) mass is 270 g/mol. The summed E-state index contributed by atoms with van der Waals surface area (Å²) in [5.74, 6) is 0. The van der Waals surface area contributed by atoms with E-state index in [1.165, 1.54) is 10.9 Å².